The van der Waals surface area contributed by atoms with Gasteiger partial charge in [0.2, 0.25) is 0 Å². The van der Waals surface area contributed by atoms with Crippen LogP contribution in [-0.2, 0) is 14.3 Å². The number of aliphatic hydroxyl groups excluding tert-OH is 2. The number of methoxy groups -OCH3 is 1. The van der Waals surface area contributed by atoms with Crippen LogP contribution in [0.15, 0.2) is 24.3 Å². The van der Waals surface area contributed by atoms with E-state index in [4.69, 9.17) is 0 Å². The zero-order valence-electron chi connectivity index (χ0n) is 16.1. The molecule has 1 fully saturated rings. The summed E-state index contributed by atoms with van der Waals surface area (Å²) in [6.45, 7) is 2.12. The van der Waals surface area contributed by atoms with Crippen LogP contribution in [0.1, 0.15) is 64.7 Å². The zero-order chi connectivity index (χ0) is 19.4. The molecule has 0 unspecified atom stereocenters. The molecule has 0 amide bonds. The molecule has 0 heterocycles. The van der Waals surface area contributed by atoms with E-state index in [1.54, 1.807) is 6.08 Å². The maximum Gasteiger partial charge on any atom is 0.305 e. The van der Waals surface area contributed by atoms with Crippen LogP contribution in [0.5, 0.6) is 0 Å². The van der Waals surface area contributed by atoms with E-state index in [9.17, 15) is 19.8 Å². The van der Waals surface area contributed by atoms with Crippen LogP contribution in [-0.4, -0.2) is 41.3 Å². The summed E-state index contributed by atoms with van der Waals surface area (Å²) < 4.78 is 4.59. The van der Waals surface area contributed by atoms with Gasteiger partial charge in [-0.1, -0.05) is 50.5 Å². The van der Waals surface area contributed by atoms with Crippen molar-refractivity contribution in [1.29, 1.82) is 0 Å². The molecule has 1 rings (SSSR count). The number of rotatable bonds is 12. The molecule has 1 aliphatic rings. The fourth-order valence-corrected chi connectivity index (χ4v) is 3.31. The number of aliphatic hydroxyl groups is 2. The minimum atomic E-state index is -0.667. The van der Waals surface area contributed by atoms with E-state index in [2.05, 4.69) is 11.7 Å². The summed E-state index contributed by atoms with van der Waals surface area (Å²) in [6, 6.07) is 0. The third-order valence-electron chi connectivity index (χ3n) is 4.93. The third-order valence-corrected chi connectivity index (χ3v) is 4.93. The van der Waals surface area contributed by atoms with Gasteiger partial charge in [0.25, 0.3) is 0 Å². The lowest BCUT2D eigenvalue weighted by atomic mass is 9.90. The molecule has 5 nitrogen and oxygen atoms in total. The van der Waals surface area contributed by atoms with Gasteiger partial charge in [0, 0.05) is 24.7 Å². The molecule has 4 atom stereocenters. The lowest BCUT2D eigenvalue weighted by molar-refractivity contribution is -0.140. The molecule has 2 N–H and O–H groups in total. The maximum atomic E-state index is 12.1. The van der Waals surface area contributed by atoms with Crippen molar-refractivity contribution in [2.45, 2.75) is 76.9 Å². The van der Waals surface area contributed by atoms with Gasteiger partial charge < -0.3 is 14.9 Å². The Labute approximate surface area is 157 Å². The molecule has 0 aromatic carbocycles. The average molecular weight is 366 g/mol. The predicted molar refractivity (Wildman–Crippen MR) is 102 cm³/mol. The molecule has 148 valence electrons. The predicted octanol–water partition coefficient (Wildman–Crippen LogP) is 3.34. The fourth-order valence-electron chi connectivity index (χ4n) is 3.31. The summed E-state index contributed by atoms with van der Waals surface area (Å²) in [5, 5.41) is 20.2. The van der Waals surface area contributed by atoms with E-state index in [1.807, 2.05) is 18.2 Å². The van der Waals surface area contributed by atoms with E-state index < -0.39 is 12.2 Å². The first kappa shape index (κ1) is 22.6. The number of hydrogen-bond donors (Lipinski definition) is 2. The van der Waals surface area contributed by atoms with Crippen molar-refractivity contribution in [3.8, 4) is 0 Å². The van der Waals surface area contributed by atoms with Gasteiger partial charge in [0.05, 0.1) is 19.3 Å². The van der Waals surface area contributed by atoms with E-state index in [0.717, 1.165) is 32.1 Å². The minimum Gasteiger partial charge on any atom is -0.469 e. The molecule has 1 aliphatic carbocycles. The zero-order valence-corrected chi connectivity index (χ0v) is 16.1. The van der Waals surface area contributed by atoms with Crippen molar-refractivity contribution in [3.05, 3.63) is 24.3 Å². The summed E-state index contributed by atoms with van der Waals surface area (Å²) in [5.74, 6) is -0.606. The summed E-state index contributed by atoms with van der Waals surface area (Å²) in [6.07, 6.45) is 12.8. The number of ketones is 1. The number of Topliss-reactive ketones (excluding diaryl/α,β-unsaturated/α-hetero) is 1. The van der Waals surface area contributed by atoms with Gasteiger partial charge in [-0.25, -0.2) is 0 Å². The number of unbranched alkanes of at least 4 members (excludes halogenated alkanes) is 3. The van der Waals surface area contributed by atoms with Crippen LogP contribution < -0.4 is 0 Å². The van der Waals surface area contributed by atoms with Gasteiger partial charge >= 0.3 is 5.97 Å². The van der Waals surface area contributed by atoms with Gasteiger partial charge in [-0.3, -0.25) is 9.59 Å². The number of carbonyl (C=O) groups is 2. The molecule has 0 aliphatic heterocycles. The van der Waals surface area contributed by atoms with Gasteiger partial charge in [-0.2, -0.15) is 0 Å². The van der Waals surface area contributed by atoms with Crippen LogP contribution in [0.4, 0.5) is 0 Å². The SMILES string of the molecule is CCCCC[C@@H](O)/C=C/[C@@H]1[C@@H](O)CC(=O)[C@@H]1C/C=C\CCCC(=O)OC. The monoisotopic (exact) mass is 366 g/mol. The normalized spacial score (nSPS) is 24.6. The Morgan fingerprint density at radius 2 is 2.08 bits per heavy atom. The Bertz CT molecular complexity index is 483. The van der Waals surface area contributed by atoms with Crippen LogP contribution >= 0.6 is 0 Å². The van der Waals surface area contributed by atoms with Crippen molar-refractivity contribution in [3.63, 3.8) is 0 Å². The van der Waals surface area contributed by atoms with Gasteiger partial charge in [-0.05, 0) is 25.7 Å². The standard InChI is InChI=1S/C21H34O5/c1-3-4-7-10-16(22)13-14-18-17(19(23)15-20(18)24)11-8-5-6-9-12-21(25)26-2/h5,8,13-14,16-18,20,22,24H,3-4,6-7,9-12,15H2,1-2H3/b8-5-,14-13+/t16-,17-,18+,20+/m1/s1. The summed E-state index contributed by atoms with van der Waals surface area (Å²) in [4.78, 5) is 23.2. The highest BCUT2D eigenvalue weighted by Gasteiger charge is 2.39. The lowest BCUT2D eigenvalue weighted by Crippen LogP contribution is -2.18. The number of ether oxygens (including phenoxy) is 1. The molecule has 0 aromatic heterocycles. The van der Waals surface area contributed by atoms with Crippen LogP contribution in [0.2, 0.25) is 0 Å². The number of allylic oxidation sites excluding steroid dienone is 2. The van der Waals surface area contributed by atoms with Gasteiger partial charge in [0.1, 0.15) is 5.78 Å². The summed E-state index contributed by atoms with van der Waals surface area (Å²) in [7, 11) is 1.38. The molecular formula is C21H34O5. The average Bonchev–Trinajstić information content (AvgIpc) is 2.89. The third kappa shape index (κ3) is 8.28. The number of hydrogen-bond acceptors (Lipinski definition) is 5. The molecular weight excluding hydrogens is 332 g/mol. The minimum absolute atomic E-state index is 0.0758. The Balaban J connectivity index is 2.46. The molecule has 0 bridgehead atoms. The highest BCUT2D eigenvalue weighted by Crippen LogP contribution is 2.33. The van der Waals surface area contributed by atoms with Crippen molar-refractivity contribution in [2.24, 2.45) is 11.8 Å². The molecule has 0 aromatic rings. The quantitative estimate of drug-likeness (QED) is 0.314. The van der Waals surface area contributed by atoms with Gasteiger partial charge in [-0.15, -0.1) is 0 Å². The maximum absolute atomic E-state index is 12.1. The largest absolute Gasteiger partial charge is 0.469 e. The topological polar surface area (TPSA) is 83.8 Å². The molecule has 1 saturated carbocycles. The number of carbonyl (C=O) groups excluding carboxylic acids is 2. The molecule has 26 heavy (non-hydrogen) atoms. The Kier molecular flexibility index (Phi) is 11.1. The highest BCUT2D eigenvalue weighted by atomic mass is 16.5. The second-order valence-corrected chi connectivity index (χ2v) is 7.05. The van der Waals surface area contributed by atoms with Crippen molar-refractivity contribution in [1.82, 2.24) is 0 Å². The Hall–Kier alpha value is -1.46. The highest BCUT2D eigenvalue weighted by molar-refractivity contribution is 5.84. The molecule has 0 radical (unpaired) electrons. The van der Waals surface area contributed by atoms with E-state index in [-0.39, 0.29) is 30.0 Å². The van der Waals surface area contributed by atoms with Crippen LogP contribution in [0.3, 0.4) is 0 Å². The van der Waals surface area contributed by atoms with Gasteiger partial charge in [0.15, 0.2) is 0 Å². The fraction of sp³-hybridized carbons (Fsp3) is 0.714. The Morgan fingerprint density at radius 3 is 2.77 bits per heavy atom. The lowest BCUT2D eigenvalue weighted by Gasteiger charge is -2.16. The van der Waals surface area contributed by atoms with Crippen LogP contribution in [0.25, 0.3) is 0 Å². The first-order chi connectivity index (χ1) is 12.5. The molecule has 5 heteroatoms. The van der Waals surface area contributed by atoms with E-state index in [0.29, 0.717) is 19.3 Å². The molecule has 0 spiro atoms. The number of esters is 1. The van der Waals surface area contributed by atoms with E-state index in [1.165, 1.54) is 7.11 Å². The first-order valence-electron chi connectivity index (χ1n) is 9.78. The van der Waals surface area contributed by atoms with Crippen molar-refractivity contribution >= 4 is 11.8 Å². The van der Waals surface area contributed by atoms with Crippen molar-refractivity contribution < 1.29 is 24.5 Å². The van der Waals surface area contributed by atoms with Crippen molar-refractivity contribution in [2.75, 3.05) is 7.11 Å². The Morgan fingerprint density at radius 1 is 1.31 bits per heavy atom. The first-order valence-corrected chi connectivity index (χ1v) is 9.78. The second-order valence-electron chi connectivity index (χ2n) is 7.05. The summed E-state index contributed by atoms with van der Waals surface area (Å²) in [5.41, 5.74) is 0. The second kappa shape index (κ2) is 12.8. The van der Waals surface area contributed by atoms with E-state index >= 15 is 0 Å². The molecule has 0 saturated heterocycles. The van der Waals surface area contributed by atoms with Crippen LogP contribution in [0, 0.1) is 11.8 Å². The smallest absolute Gasteiger partial charge is 0.305 e. The summed E-state index contributed by atoms with van der Waals surface area (Å²) >= 11 is 0.